The predicted octanol–water partition coefficient (Wildman–Crippen LogP) is 4.00. The van der Waals surface area contributed by atoms with Crippen molar-refractivity contribution < 1.29 is 0 Å². The Hall–Kier alpha value is -0.610. The summed E-state index contributed by atoms with van der Waals surface area (Å²) in [5.41, 5.74) is 1.68. The Morgan fingerprint density at radius 3 is 2.80 bits per heavy atom. The molecule has 1 aliphatic rings. The molecule has 1 aromatic heterocycles. The maximum Gasteiger partial charge on any atom is 0.185 e. The Balaban J connectivity index is 2.21. The molecule has 0 saturated heterocycles. The second-order valence-corrected chi connectivity index (χ2v) is 7.75. The van der Waals surface area contributed by atoms with Crippen LogP contribution in [0.15, 0.2) is 0 Å². The lowest BCUT2D eigenvalue weighted by molar-refractivity contribution is 0.260. The number of aromatic nitrogens is 1. The van der Waals surface area contributed by atoms with Crippen molar-refractivity contribution in [1.29, 1.82) is 0 Å². The van der Waals surface area contributed by atoms with E-state index in [1.807, 2.05) is 11.3 Å². The van der Waals surface area contributed by atoms with Gasteiger partial charge in [-0.1, -0.05) is 45.5 Å². The first-order valence-corrected chi connectivity index (χ1v) is 8.72. The molecule has 1 aliphatic carbocycles. The molecule has 1 N–H and O–H groups in total. The Labute approximate surface area is 127 Å². The fraction of sp³-hybridized carbons (Fsp3) is 0.812. The first-order valence-electron chi connectivity index (χ1n) is 7.91. The Bertz CT molecular complexity index is 439. The van der Waals surface area contributed by atoms with Gasteiger partial charge in [-0.05, 0) is 31.2 Å². The molecule has 3 nitrogen and oxygen atoms in total. The summed E-state index contributed by atoms with van der Waals surface area (Å²) in [6.45, 7) is 11.3. The first kappa shape index (κ1) is 15.8. The highest BCUT2D eigenvalue weighted by molar-refractivity contribution is 7.15. The number of anilines is 1. The molecule has 0 saturated carbocycles. The highest BCUT2D eigenvalue weighted by Gasteiger charge is 2.34. The van der Waals surface area contributed by atoms with Crippen LogP contribution in [0.4, 0.5) is 5.13 Å². The lowest BCUT2D eigenvalue weighted by atomic mass is 9.76. The van der Waals surface area contributed by atoms with Gasteiger partial charge in [-0.15, -0.1) is 0 Å². The first-order chi connectivity index (χ1) is 9.46. The molecule has 0 fully saturated rings. The number of hydrogen-bond acceptors (Lipinski definition) is 4. The van der Waals surface area contributed by atoms with Gasteiger partial charge in [-0.2, -0.15) is 0 Å². The van der Waals surface area contributed by atoms with Crippen LogP contribution < -0.4 is 10.2 Å². The lowest BCUT2D eigenvalue weighted by Crippen LogP contribution is -2.32. The summed E-state index contributed by atoms with van der Waals surface area (Å²) in [7, 11) is 2.17. The van der Waals surface area contributed by atoms with E-state index < -0.39 is 0 Å². The van der Waals surface area contributed by atoms with Crippen LogP contribution in [-0.4, -0.2) is 25.1 Å². The SMILES string of the molecule is CCCCN(C)c1nc2c(s1)C(NCC)CC(C)(C)C2. The van der Waals surface area contributed by atoms with E-state index in [0.29, 0.717) is 11.5 Å². The third-order valence-corrected chi connectivity index (χ3v) is 5.39. The van der Waals surface area contributed by atoms with Crippen molar-refractivity contribution in [1.82, 2.24) is 10.3 Å². The van der Waals surface area contributed by atoms with E-state index in [9.17, 15) is 0 Å². The monoisotopic (exact) mass is 295 g/mol. The van der Waals surface area contributed by atoms with E-state index >= 15 is 0 Å². The minimum absolute atomic E-state index is 0.354. The quantitative estimate of drug-likeness (QED) is 0.859. The molecule has 0 bridgehead atoms. The summed E-state index contributed by atoms with van der Waals surface area (Å²) in [5, 5.41) is 4.84. The normalized spacial score (nSPS) is 20.8. The molecule has 1 aromatic rings. The van der Waals surface area contributed by atoms with E-state index in [2.05, 4.69) is 45.0 Å². The number of thiazole rings is 1. The van der Waals surface area contributed by atoms with Gasteiger partial charge in [0.15, 0.2) is 5.13 Å². The van der Waals surface area contributed by atoms with Crippen molar-refractivity contribution in [2.75, 3.05) is 25.0 Å². The van der Waals surface area contributed by atoms with Crippen LogP contribution in [0.25, 0.3) is 0 Å². The third kappa shape index (κ3) is 3.53. The summed E-state index contributed by atoms with van der Waals surface area (Å²) >= 11 is 1.89. The van der Waals surface area contributed by atoms with Crippen LogP contribution in [0.5, 0.6) is 0 Å². The van der Waals surface area contributed by atoms with Crippen LogP contribution >= 0.6 is 11.3 Å². The van der Waals surface area contributed by atoms with Crippen molar-refractivity contribution in [2.24, 2.45) is 5.41 Å². The van der Waals surface area contributed by atoms with E-state index in [-0.39, 0.29) is 0 Å². The second-order valence-electron chi connectivity index (χ2n) is 6.74. The van der Waals surface area contributed by atoms with Crippen molar-refractivity contribution in [2.45, 2.75) is 59.4 Å². The van der Waals surface area contributed by atoms with Gasteiger partial charge in [0.05, 0.1) is 5.69 Å². The topological polar surface area (TPSA) is 28.2 Å². The van der Waals surface area contributed by atoms with Crippen molar-refractivity contribution >= 4 is 16.5 Å². The summed E-state index contributed by atoms with van der Waals surface area (Å²) in [6.07, 6.45) is 4.81. The second kappa shape index (κ2) is 6.44. The fourth-order valence-corrected chi connectivity index (χ4v) is 4.13. The third-order valence-electron chi connectivity index (χ3n) is 4.06. The van der Waals surface area contributed by atoms with E-state index in [4.69, 9.17) is 4.98 Å². The summed E-state index contributed by atoms with van der Waals surface area (Å²) in [6, 6.07) is 0.490. The van der Waals surface area contributed by atoms with Gasteiger partial charge in [-0.25, -0.2) is 4.98 Å². The summed E-state index contributed by atoms with van der Waals surface area (Å²) in [5.74, 6) is 0. The van der Waals surface area contributed by atoms with Crippen LogP contribution in [0.2, 0.25) is 0 Å². The smallest absolute Gasteiger partial charge is 0.185 e. The molecule has 0 aromatic carbocycles. The van der Waals surface area contributed by atoms with Crippen molar-refractivity contribution in [3.8, 4) is 0 Å². The average Bonchev–Trinajstić information content (AvgIpc) is 2.78. The maximum atomic E-state index is 4.94. The molecular formula is C16H29N3S. The fourth-order valence-electron chi connectivity index (χ4n) is 2.99. The minimum Gasteiger partial charge on any atom is -0.351 e. The Morgan fingerprint density at radius 1 is 1.40 bits per heavy atom. The number of fused-ring (bicyclic) bond motifs is 1. The van der Waals surface area contributed by atoms with Gasteiger partial charge in [0.2, 0.25) is 0 Å². The summed E-state index contributed by atoms with van der Waals surface area (Å²) < 4.78 is 0. The highest BCUT2D eigenvalue weighted by Crippen LogP contribution is 2.44. The lowest BCUT2D eigenvalue weighted by Gasteiger charge is -2.34. The molecule has 2 rings (SSSR count). The van der Waals surface area contributed by atoms with Gasteiger partial charge in [-0.3, -0.25) is 0 Å². The largest absolute Gasteiger partial charge is 0.351 e. The van der Waals surface area contributed by atoms with Gasteiger partial charge in [0.1, 0.15) is 0 Å². The van der Waals surface area contributed by atoms with Crippen LogP contribution in [0, 0.1) is 5.41 Å². The molecule has 0 amide bonds. The molecule has 1 heterocycles. The molecule has 20 heavy (non-hydrogen) atoms. The van der Waals surface area contributed by atoms with Gasteiger partial charge in [0.25, 0.3) is 0 Å². The molecular weight excluding hydrogens is 266 g/mol. The van der Waals surface area contributed by atoms with E-state index in [0.717, 1.165) is 19.5 Å². The zero-order valence-electron chi connectivity index (χ0n) is 13.6. The number of nitrogens with one attached hydrogen (secondary N) is 1. The number of rotatable bonds is 6. The van der Waals surface area contributed by atoms with Gasteiger partial charge in [0, 0.05) is 24.5 Å². The van der Waals surface area contributed by atoms with E-state index in [1.165, 1.54) is 35.0 Å². The molecule has 0 aliphatic heterocycles. The zero-order chi connectivity index (χ0) is 14.8. The van der Waals surface area contributed by atoms with Crippen LogP contribution in [-0.2, 0) is 6.42 Å². The number of nitrogens with zero attached hydrogens (tertiary/aromatic N) is 2. The molecule has 0 radical (unpaired) electrons. The molecule has 114 valence electrons. The summed E-state index contributed by atoms with van der Waals surface area (Å²) in [4.78, 5) is 8.73. The molecule has 1 atom stereocenters. The molecule has 1 unspecified atom stereocenters. The average molecular weight is 295 g/mol. The zero-order valence-corrected chi connectivity index (χ0v) is 14.4. The van der Waals surface area contributed by atoms with E-state index in [1.54, 1.807) is 0 Å². The van der Waals surface area contributed by atoms with Crippen molar-refractivity contribution in [3.05, 3.63) is 10.6 Å². The predicted molar refractivity (Wildman–Crippen MR) is 88.8 cm³/mol. The molecule has 4 heteroatoms. The van der Waals surface area contributed by atoms with Gasteiger partial charge < -0.3 is 10.2 Å². The maximum absolute atomic E-state index is 4.94. The Morgan fingerprint density at radius 2 is 2.15 bits per heavy atom. The van der Waals surface area contributed by atoms with Crippen LogP contribution in [0.1, 0.15) is 63.6 Å². The minimum atomic E-state index is 0.354. The van der Waals surface area contributed by atoms with Gasteiger partial charge >= 0.3 is 0 Å². The van der Waals surface area contributed by atoms with Crippen molar-refractivity contribution in [3.63, 3.8) is 0 Å². The molecule has 0 spiro atoms. The van der Waals surface area contributed by atoms with Crippen LogP contribution in [0.3, 0.4) is 0 Å². The Kier molecular flexibility index (Phi) is 5.08. The standard InChI is InChI=1S/C16H29N3S/c1-6-8-9-19(5)15-18-13-11-16(3,4)10-12(17-7-2)14(13)20-15/h12,17H,6-11H2,1-5H3. The number of hydrogen-bond donors (Lipinski definition) is 1. The highest BCUT2D eigenvalue weighted by atomic mass is 32.1. The number of unbranched alkanes of at least 4 members (excludes halogenated alkanes) is 1.